The number of hydrogen-bond acceptors (Lipinski definition) is 0. The molecule has 5 aromatic carbocycles. The second-order valence-corrected chi connectivity index (χ2v) is 10.4. The fraction of sp³-hybridized carbons (Fsp3) is 0.154. The molecule has 0 fully saturated rings. The Kier molecular flexibility index (Phi) is 10.1. The van der Waals surface area contributed by atoms with Crippen molar-refractivity contribution in [3.63, 3.8) is 0 Å². The van der Waals surface area contributed by atoms with Crippen LogP contribution in [-0.2, 0) is 51.9 Å². The first-order valence-corrected chi connectivity index (χ1v) is 14.4. The Morgan fingerprint density at radius 1 is 0.707 bits per heavy atom. The molecule has 0 atom stereocenters. The Balaban J connectivity index is 0.000000146. The standard InChI is InChI=1S/C20H16N.C14H14.C5H5.Zr/c1-2-7-15-13-16(12-14(15)6-1)21-19-10-4-3-8-17(19)18-9-5-11-20(18)21;1-3-7-13(8-4-1)11-12-14-9-5-2-6-10-14;1-2-4-5-3-1;/h1-4,6-8,10,12-13H,5,9,11H2;1-10H,11-12H2;1-3H,4H2;/q-1;;-1;+2. The normalized spacial score (nSPS) is 12.8. The van der Waals surface area contributed by atoms with Crippen LogP contribution in [0.4, 0.5) is 0 Å². The summed E-state index contributed by atoms with van der Waals surface area (Å²) in [6.07, 6.45) is 16.0. The van der Waals surface area contributed by atoms with Crippen LogP contribution >= 0.6 is 0 Å². The number of aromatic nitrogens is 1. The molecule has 0 unspecified atom stereocenters. The van der Waals surface area contributed by atoms with Gasteiger partial charge in [-0.3, -0.25) is 6.08 Å². The summed E-state index contributed by atoms with van der Waals surface area (Å²) in [5, 5.41) is 4.10. The van der Waals surface area contributed by atoms with E-state index in [9.17, 15) is 0 Å². The van der Waals surface area contributed by atoms with E-state index >= 15 is 0 Å². The summed E-state index contributed by atoms with van der Waals surface area (Å²) >= 11 is 0. The zero-order valence-electron chi connectivity index (χ0n) is 23.5. The monoisotopic (exact) mass is 607 g/mol. The van der Waals surface area contributed by atoms with Crippen LogP contribution in [0.2, 0.25) is 0 Å². The van der Waals surface area contributed by atoms with Gasteiger partial charge in [0.2, 0.25) is 0 Å². The smallest absolute Gasteiger partial charge is 0.332 e. The summed E-state index contributed by atoms with van der Waals surface area (Å²) in [4.78, 5) is 0. The first kappa shape index (κ1) is 28.9. The summed E-state index contributed by atoms with van der Waals surface area (Å²) in [5.74, 6) is 0. The van der Waals surface area contributed by atoms with Gasteiger partial charge < -0.3 is 4.57 Å². The maximum atomic E-state index is 2.99. The zero-order chi connectivity index (χ0) is 27.0. The van der Waals surface area contributed by atoms with Crippen molar-refractivity contribution in [2.75, 3.05) is 0 Å². The number of para-hydroxylation sites is 1. The van der Waals surface area contributed by atoms with Gasteiger partial charge in [-0.25, -0.2) is 12.2 Å². The molecule has 8 rings (SSSR count). The fourth-order valence-corrected chi connectivity index (χ4v) is 5.81. The average Bonchev–Trinajstić information content (AvgIpc) is 3.83. The molecular formula is C39H35NZr. The van der Waals surface area contributed by atoms with Gasteiger partial charge in [0.15, 0.2) is 0 Å². The van der Waals surface area contributed by atoms with Gasteiger partial charge in [0, 0.05) is 11.1 Å². The third-order valence-corrected chi connectivity index (χ3v) is 7.76. The van der Waals surface area contributed by atoms with Gasteiger partial charge >= 0.3 is 26.2 Å². The van der Waals surface area contributed by atoms with Gasteiger partial charge in [-0.1, -0.05) is 84.9 Å². The van der Waals surface area contributed by atoms with E-state index in [1.54, 1.807) is 5.56 Å². The Labute approximate surface area is 263 Å². The third-order valence-electron chi connectivity index (χ3n) is 7.76. The van der Waals surface area contributed by atoms with Crippen LogP contribution in [0.1, 0.15) is 35.2 Å². The first-order chi connectivity index (χ1) is 19.9. The molecule has 0 amide bonds. The van der Waals surface area contributed by atoms with Crippen molar-refractivity contribution in [3.8, 4) is 5.69 Å². The molecule has 2 aliphatic rings. The molecule has 1 heterocycles. The minimum Gasteiger partial charge on any atom is -0.332 e. The molecular weight excluding hydrogens is 574 g/mol. The molecule has 0 saturated carbocycles. The Bertz CT molecular complexity index is 1650. The predicted molar refractivity (Wildman–Crippen MR) is 170 cm³/mol. The number of benzene rings is 4. The van der Waals surface area contributed by atoms with Gasteiger partial charge in [0.1, 0.15) is 0 Å². The van der Waals surface area contributed by atoms with Gasteiger partial charge in [0.25, 0.3) is 0 Å². The number of hydrogen-bond donors (Lipinski definition) is 0. The number of aryl methyl sites for hydroxylation is 3. The van der Waals surface area contributed by atoms with Crippen molar-refractivity contribution in [2.45, 2.75) is 38.5 Å². The predicted octanol–water partition coefficient (Wildman–Crippen LogP) is 9.77. The van der Waals surface area contributed by atoms with Crippen LogP contribution in [0.3, 0.4) is 0 Å². The average molecular weight is 609 g/mol. The summed E-state index contributed by atoms with van der Waals surface area (Å²) in [7, 11) is 0. The molecule has 0 aliphatic heterocycles. The fourth-order valence-electron chi connectivity index (χ4n) is 5.81. The molecule has 2 aliphatic carbocycles. The molecule has 0 saturated heterocycles. The first-order valence-electron chi connectivity index (χ1n) is 14.4. The molecule has 0 N–H and O–H groups in total. The van der Waals surface area contributed by atoms with E-state index in [2.05, 4.69) is 138 Å². The molecule has 2 heteroatoms. The van der Waals surface area contributed by atoms with Gasteiger partial charge in [-0.05, 0) is 60.5 Å². The van der Waals surface area contributed by atoms with Crippen LogP contribution in [0.15, 0.2) is 140 Å². The maximum Gasteiger partial charge on any atom is 2.00 e. The van der Waals surface area contributed by atoms with Crippen molar-refractivity contribution in [1.29, 1.82) is 0 Å². The molecule has 1 nitrogen and oxygen atoms in total. The van der Waals surface area contributed by atoms with Gasteiger partial charge in [-0.15, -0.1) is 47.5 Å². The second-order valence-electron chi connectivity index (χ2n) is 10.4. The molecule has 41 heavy (non-hydrogen) atoms. The van der Waals surface area contributed by atoms with E-state index < -0.39 is 0 Å². The molecule has 200 valence electrons. The SMILES string of the molecule is [C-]1=CC=CC1.[Zr+2].c1ccc(CCc2ccccc2)cc1.c1ccc2[cH-]c(-n3c4c(c5ccccc53)CCC4)cc2c1. The van der Waals surface area contributed by atoms with Crippen LogP contribution in [-0.4, -0.2) is 4.57 Å². The quantitative estimate of drug-likeness (QED) is 0.176. The number of rotatable bonds is 4. The van der Waals surface area contributed by atoms with E-state index in [0.717, 1.165) is 19.3 Å². The van der Waals surface area contributed by atoms with Crippen LogP contribution in [0.25, 0.3) is 27.4 Å². The van der Waals surface area contributed by atoms with E-state index in [-0.39, 0.29) is 26.2 Å². The largest absolute Gasteiger partial charge is 2.00 e. The van der Waals surface area contributed by atoms with Crippen molar-refractivity contribution >= 4 is 21.7 Å². The molecule has 1 aromatic heterocycles. The summed E-state index contributed by atoms with van der Waals surface area (Å²) in [5.41, 5.74) is 8.59. The van der Waals surface area contributed by atoms with Crippen LogP contribution in [0.5, 0.6) is 0 Å². The molecule has 0 radical (unpaired) electrons. The zero-order valence-corrected chi connectivity index (χ0v) is 25.9. The minimum absolute atomic E-state index is 0. The third kappa shape index (κ3) is 7.00. The number of allylic oxidation sites excluding steroid dienone is 4. The Hall–Kier alpha value is -3.61. The van der Waals surface area contributed by atoms with Gasteiger partial charge in [-0.2, -0.15) is 6.08 Å². The van der Waals surface area contributed by atoms with Crippen LogP contribution < -0.4 is 0 Å². The van der Waals surface area contributed by atoms with E-state index in [1.807, 2.05) is 12.2 Å². The van der Waals surface area contributed by atoms with E-state index in [4.69, 9.17) is 0 Å². The van der Waals surface area contributed by atoms with Gasteiger partial charge in [0.05, 0.1) is 5.52 Å². The van der Waals surface area contributed by atoms with E-state index in [0.29, 0.717) is 0 Å². The van der Waals surface area contributed by atoms with Crippen LogP contribution in [0, 0.1) is 6.08 Å². The molecule has 0 spiro atoms. The minimum atomic E-state index is 0. The van der Waals surface area contributed by atoms with Crippen molar-refractivity contribution in [1.82, 2.24) is 4.57 Å². The Morgan fingerprint density at radius 3 is 2.00 bits per heavy atom. The van der Waals surface area contributed by atoms with Crippen molar-refractivity contribution in [3.05, 3.63) is 168 Å². The summed E-state index contributed by atoms with van der Waals surface area (Å²) in [6, 6.07) is 43.4. The van der Waals surface area contributed by atoms with E-state index in [1.165, 1.54) is 63.4 Å². The topological polar surface area (TPSA) is 4.93 Å². The molecule has 6 aromatic rings. The van der Waals surface area contributed by atoms with Crippen molar-refractivity contribution < 1.29 is 26.2 Å². The van der Waals surface area contributed by atoms with Crippen molar-refractivity contribution in [2.24, 2.45) is 0 Å². The summed E-state index contributed by atoms with van der Waals surface area (Å²) < 4.78 is 2.48. The second kappa shape index (κ2) is 14.3. The summed E-state index contributed by atoms with van der Waals surface area (Å²) in [6.45, 7) is 0. The number of fused-ring (bicyclic) bond motifs is 4. The molecule has 0 bridgehead atoms. The number of nitrogens with zero attached hydrogens (tertiary/aromatic N) is 1. The Morgan fingerprint density at radius 2 is 1.37 bits per heavy atom. The maximum absolute atomic E-state index is 2.99.